The molecule has 0 bridgehead atoms. The normalized spacial score (nSPS) is 20.0. The van der Waals surface area contributed by atoms with Gasteiger partial charge in [0.2, 0.25) is 0 Å². The first kappa shape index (κ1) is 6.64. The SMILES string of the molecule is CO[P+](C)(O)Cl. The molecule has 0 spiro atoms. The molecule has 2 nitrogen and oxygen atoms in total. The number of rotatable bonds is 1. The fraction of sp³-hybridized carbons (Fsp3) is 1.00. The first-order valence-corrected chi connectivity index (χ1v) is 4.42. The smallest absolute Gasteiger partial charge is 0.203 e. The van der Waals surface area contributed by atoms with Gasteiger partial charge in [-0.25, -0.2) is 4.89 Å². The third-order valence-corrected chi connectivity index (χ3v) is 1.41. The van der Waals surface area contributed by atoms with E-state index in [-0.39, 0.29) is 0 Å². The molecule has 0 radical (unpaired) electrons. The van der Waals surface area contributed by atoms with E-state index in [1.807, 2.05) is 0 Å². The van der Waals surface area contributed by atoms with Crippen molar-refractivity contribution in [3.05, 3.63) is 0 Å². The highest BCUT2D eigenvalue weighted by atomic mass is 35.7. The molecular formula is C2H7ClO2P+. The van der Waals surface area contributed by atoms with Crippen LogP contribution in [0.4, 0.5) is 0 Å². The standard InChI is InChI=1S/C2H7ClO2P/c1-5-6(2,3)4/h4H,1-2H3/q+1. The summed E-state index contributed by atoms with van der Waals surface area (Å²) in [4.78, 5) is 8.48. The molecule has 0 aromatic rings. The van der Waals surface area contributed by atoms with Crippen LogP contribution in [0.15, 0.2) is 0 Å². The van der Waals surface area contributed by atoms with Crippen LogP contribution in [0.1, 0.15) is 0 Å². The first-order chi connectivity index (χ1) is 2.56. The second kappa shape index (κ2) is 2.08. The van der Waals surface area contributed by atoms with Gasteiger partial charge in [-0.05, 0) is 0 Å². The van der Waals surface area contributed by atoms with E-state index in [9.17, 15) is 0 Å². The molecule has 0 aromatic carbocycles. The summed E-state index contributed by atoms with van der Waals surface area (Å²) in [6.07, 6.45) is 0. The van der Waals surface area contributed by atoms with E-state index in [0.29, 0.717) is 0 Å². The van der Waals surface area contributed by atoms with Gasteiger partial charge in [-0.3, -0.25) is 0 Å². The first-order valence-electron chi connectivity index (χ1n) is 1.41. The molecule has 0 saturated carbocycles. The molecule has 0 aliphatic rings. The molecule has 0 rings (SSSR count). The molecular weight excluding hydrogens is 122 g/mol. The van der Waals surface area contributed by atoms with Crippen LogP contribution in [-0.2, 0) is 4.52 Å². The fourth-order valence-electron chi connectivity index (χ4n) is 0. The number of halogens is 1. The van der Waals surface area contributed by atoms with Crippen LogP contribution in [0.3, 0.4) is 0 Å². The van der Waals surface area contributed by atoms with Crippen molar-refractivity contribution in [2.45, 2.75) is 0 Å². The Labute approximate surface area is 42.4 Å². The quantitative estimate of drug-likeness (QED) is 0.540. The minimum absolute atomic E-state index is 1.38. The Bertz CT molecular complexity index is 41.3. The third-order valence-electron chi connectivity index (χ3n) is 0.333. The highest BCUT2D eigenvalue weighted by molar-refractivity contribution is 7.90. The van der Waals surface area contributed by atoms with Crippen LogP contribution in [-0.4, -0.2) is 18.7 Å². The Hall–Kier alpha value is 0.640. The second-order valence-corrected chi connectivity index (χ2v) is 4.76. The highest BCUT2D eigenvalue weighted by Gasteiger charge is 2.24. The molecule has 0 amide bonds. The van der Waals surface area contributed by atoms with E-state index in [2.05, 4.69) is 4.52 Å². The molecule has 0 aromatic heterocycles. The average Bonchev–Trinajstić information content (AvgIpc) is 1.35. The van der Waals surface area contributed by atoms with E-state index < -0.39 is 7.07 Å². The molecule has 1 unspecified atom stereocenters. The van der Waals surface area contributed by atoms with Gasteiger partial charge in [0.25, 0.3) is 0 Å². The van der Waals surface area contributed by atoms with Gasteiger partial charge in [-0.15, -0.1) is 0 Å². The Balaban J connectivity index is 3.17. The van der Waals surface area contributed by atoms with Crippen molar-refractivity contribution in [2.24, 2.45) is 0 Å². The van der Waals surface area contributed by atoms with E-state index in [1.54, 1.807) is 0 Å². The lowest BCUT2D eigenvalue weighted by molar-refractivity contribution is 0.388. The van der Waals surface area contributed by atoms with Crippen LogP contribution < -0.4 is 0 Å². The lowest BCUT2D eigenvalue weighted by Gasteiger charge is -1.95. The molecule has 6 heavy (non-hydrogen) atoms. The van der Waals surface area contributed by atoms with Crippen molar-refractivity contribution in [1.29, 1.82) is 0 Å². The fourth-order valence-corrected chi connectivity index (χ4v) is 0. The zero-order valence-corrected chi connectivity index (χ0v) is 5.33. The molecule has 1 atom stereocenters. The Kier molecular flexibility index (Phi) is 2.30. The van der Waals surface area contributed by atoms with E-state index >= 15 is 0 Å². The van der Waals surface area contributed by atoms with Gasteiger partial charge >= 0.3 is 7.07 Å². The maximum Gasteiger partial charge on any atom is 0.365 e. The minimum Gasteiger partial charge on any atom is -0.203 e. The third kappa shape index (κ3) is 4.64. The molecule has 4 heteroatoms. The predicted octanol–water partition coefficient (Wildman–Crippen LogP) is 1.26. The summed E-state index contributed by atoms with van der Waals surface area (Å²) in [5, 5.41) is 0. The van der Waals surface area contributed by atoms with Crippen molar-refractivity contribution in [3.8, 4) is 0 Å². The topological polar surface area (TPSA) is 29.5 Å². The van der Waals surface area contributed by atoms with Crippen LogP contribution >= 0.6 is 18.3 Å². The summed E-state index contributed by atoms with van der Waals surface area (Å²) >= 11 is 5.16. The summed E-state index contributed by atoms with van der Waals surface area (Å²) in [7, 11) is -1.05. The maximum atomic E-state index is 8.48. The molecule has 0 aliphatic heterocycles. The van der Waals surface area contributed by atoms with Gasteiger partial charge in [0.15, 0.2) is 11.2 Å². The van der Waals surface area contributed by atoms with Gasteiger partial charge in [0.05, 0.1) is 7.11 Å². The molecule has 0 heterocycles. The summed E-state index contributed by atoms with van der Waals surface area (Å²) in [5.74, 6) is 0. The summed E-state index contributed by atoms with van der Waals surface area (Å²) in [6.45, 7) is 1.45. The molecule has 0 saturated heterocycles. The van der Waals surface area contributed by atoms with Gasteiger partial charge < -0.3 is 0 Å². The van der Waals surface area contributed by atoms with E-state index in [4.69, 9.17) is 16.1 Å². The van der Waals surface area contributed by atoms with Crippen molar-refractivity contribution >= 4 is 18.3 Å². The monoisotopic (exact) mass is 129 g/mol. The predicted molar refractivity (Wildman–Crippen MR) is 27.9 cm³/mol. The Morgan fingerprint density at radius 1 is 1.83 bits per heavy atom. The van der Waals surface area contributed by atoms with Crippen LogP contribution in [0.25, 0.3) is 0 Å². The highest BCUT2D eigenvalue weighted by Crippen LogP contribution is 2.56. The van der Waals surface area contributed by atoms with Crippen LogP contribution in [0.2, 0.25) is 0 Å². The van der Waals surface area contributed by atoms with Crippen molar-refractivity contribution in [3.63, 3.8) is 0 Å². The molecule has 1 N–H and O–H groups in total. The van der Waals surface area contributed by atoms with Crippen LogP contribution in [0, 0.1) is 0 Å². The van der Waals surface area contributed by atoms with E-state index in [0.717, 1.165) is 0 Å². The van der Waals surface area contributed by atoms with Gasteiger partial charge in [0, 0.05) is 0 Å². The summed E-state index contributed by atoms with van der Waals surface area (Å²) < 4.78 is 4.37. The van der Waals surface area contributed by atoms with Gasteiger partial charge in [-0.2, -0.15) is 4.52 Å². The van der Waals surface area contributed by atoms with Gasteiger partial charge in [-0.1, -0.05) is 0 Å². The van der Waals surface area contributed by atoms with Crippen molar-refractivity contribution < 1.29 is 9.42 Å². The molecule has 0 aliphatic carbocycles. The summed E-state index contributed by atoms with van der Waals surface area (Å²) in [5.41, 5.74) is 0. The Morgan fingerprint density at radius 2 is 2.00 bits per heavy atom. The lowest BCUT2D eigenvalue weighted by Crippen LogP contribution is -1.78. The maximum absolute atomic E-state index is 8.48. The van der Waals surface area contributed by atoms with Gasteiger partial charge in [0.1, 0.15) is 6.66 Å². The molecule has 38 valence electrons. The summed E-state index contributed by atoms with van der Waals surface area (Å²) in [6, 6.07) is 0. The second-order valence-electron chi connectivity index (χ2n) is 0.960. The lowest BCUT2D eigenvalue weighted by atomic mass is 11.8. The zero-order chi connectivity index (χ0) is 5.21. The van der Waals surface area contributed by atoms with Crippen LogP contribution in [0.5, 0.6) is 0 Å². The molecule has 0 fully saturated rings. The minimum atomic E-state index is -2.42. The Morgan fingerprint density at radius 3 is 2.00 bits per heavy atom. The number of hydrogen-bond acceptors (Lipinski definition) is 2. The largest absolute Gasteiger partial charge is 0.365 e. The average molecular weight is 130 g/mol. The van der Waals surface area contributed by atoms with E-state index in [1.165, 1.54) is 13.8 Å². The zero-order valence-electron chi connectivity index (χ0n) is 3.68. The van der Waals surface area contributed by atoms with Crippen molar-refractivity contribution in [2.75, 3.05) is 13.8 Å². The van der Waals surface area contributed by atoms with Crippen molar-refractivity contribution in [1.82, 2.24) is 0 Å². The number of hydrogen-bond donors (Lipinski definition) is 1.